The first kappa shape index (κ1) is 21.2. The SMILES string of the molecule is CC[C@@H](C)[C@H](NC(N)=O)C(=O)Nc1ccc(-c2nc3ccccc3n2C(F)F)cc1. The van der Waals surface area contributed by atoms with Crippen molar-refractivity contribution in [1.82, 2.24) is 14.9 Å². The number of fused-ring (bicyclic) bond motifs is 1. The van der Waals surface area contributed by atoms with Crippen LogP contribution in [-0.4, -0.2) is 27.5 Å². The monoisotopic (exact) mass is 415 g/mol. The van der Waals surface area contributed by atoms with Crippen molar-refractivity contribution in [2.24, 2.45) is 11.7 Å². The van der Waals surface area contributed by atoms with Crippen molar-refractivity contribution in [2.45, 2.75) is 32.9 Å². The van der Waals surface area contributed by atoms with Gasteiger partial charge in [0.15, 0.2) is 0 Å². The Bertz CT molecular complexity index is 1050. The number of para-hydroxylation sites is 2. The molecule has 0 bridgehead atoms. The van der Waals surface area contributed by atoms with Gasteiger partial charge in [0.1, 0.15) is 11.9 Å². The van der Waals surface area contributed by atoms with E-state index in [0.717, 1.165) is 4.57 Å². The number of amides is 3. The molecule has 3 aromatic rings. The van der Waals surface area contributed by atoms with Crippen LogP contribution in [0.25, 0.3) is 22.4 Å². The fraction of sp³-hybridized carbons (Fsp3) is 0.286. The largest absolute Gasteiger partial charge is 0.352 e. The van der Waals surface area contributed by atoms with Gasteiger partial charge >= 0.3 is 12.6 Å². The van der Waals surface area contributed by atoms with Gasteiger partial charge in [0, 0.05) is 11.3 Å². The summed E-state index contributed by atoms with van der Waals surface area (Å²) >= 11 is 0. The van der Waals surface area contributed by atoms with E-state index < -0.39 is 24.5 Å². The molecule has 1 heterocycles. The molecule has 1 aromatic heterocycles. The van der Waals surface area contributed by atoms with Gasteiger partial charge in [-0.2, -0.15) is 8.78 Å². The number of carbonyl (C=O) groups is 2. The molecule has 3 amide bonds. The number of rotatable bonds is 7. The molecule has 4 N–H and O–H groups in total. The third kappa shape index (κ3) is 4.40. The molecule has 0 radical (unpaired) electrons. The molecule has 0 aliphatic carbocycles. The van der Waals surface area contributed by atoms with Crippen LogP contribution in [-0.2, 0) is 4.79 Å². The second-order valence-electron chi connectivity index (χ2n) is 7.01. The molecule has 9 heteroatoms. The van der Waals surface area contributed by atoms with Gasteiger partial charge in [-0.05, 0) is 42.3 Å². The average molecular weight is 415 g/mol. The summed E-state index contributed by atoms with van der Waals surface area (Å²) < 4.78 is 28.2. The van der Waals surface area contributed by atoms with Crippen molar-refractivity contribution in [1.29, 1.82) is 0 Å². The van der Waals surface area contributed by atoms with Crippen molar-refractivity contribution in [3.8, 4) is 11.4 Å². The predicted molar refractivity (Wildman–Crippen MR) is 111 cm³/mol. The lowest BCUT2D eigenvalue weighted by atomic mass is 9.98. The second kappa shape index (κ2) is 8.89. The number of urea groups is 1. The highest BCUT2D eigenvalue weighted by molar-refractivity contribution is 5.97. The normalized spacial score (nSPS) is 13.2. The minimum absolute atomic E-state index is 0.122. The molecule has 0 saturated heterocycles. The first-order chi connectivity index (χ1) is 14.3. The van der Waals surface area contributed by atoms with Crippen LogP contribution in [0, 0.1) is 5.92 Å². The summed E-state index contributed by atoms with van der Waals surface area (Å²) in [5.41, 5.74) is 6.93. The maximum absolute atomic E-state index is 13.7. The molecule has 0 fully saturated rings. The van der Waals surface area contributed by atoms with Crippen molar-refractivity contribution < 1.29 is 18.4 Å². The predicted octanol–water partition coefficient (Wildman–Crippen LogP) is 4.12. The molecule has 30 heavy (non-hydrogen) atoms. The van der Waals surface area contributed by atoms with E-state index in [2.05, 4.69) is 15.6 Å². The highest BCUT2D eigenvalue weighted by atomic mass is 19.3. The number of alkyl halides is 2. The fourth-order valence-electron chi connectivity index (χ4n) is 3.22. The van der Waals surface area contributed by atoms with E-state index in [1.165, 1.54) is 0 Å². The molecular weight excluding hydrogens is 392 g/mol. The smallest absolute Gasteiger partial charge is 0.320 e. The van der Waals surface area contributed by atoms with Crippen LogP contribution in [0.5, 0.6) is 0 Å². The zero-order chi connectivity index (χ0) is 21.8. The lowest BCUT2D eigenvalue weighted by molar-refractivity contribution is -0.119. The van der Waals surface area contributed by atoms with Crippen LogP contribution in [0.4, 0.5) is 19.3 Å². The Kier molecular flexibility index (Phi) is 6.29. The van der Waals surface area contributed by atoms with Crippen molar-refractivity contribution in [3.63, 3.8) is 0 Å². The van der Waals surface area contributed by atoms with E-state index in [0.29, 0.717) is 28.7 Å². The zero-order valence-corrected chi connectivity index (χ0v) is 16.6. The first-order valence-corrected chi connectivity index (χ1v) is 9.54. The maximum Gasteiger partial charge on any atom is 0.320 e. The molecule has 158 valence electrons. The van der Waals surface area contributed by atoms with Gasteiger partial charge in [0.25, 0.3) is 0 Å². The summed E-state index contributed by atoms with van der Waals surface area (Å²) in [5.74, 6) is -0.393. The standard InChI is InChI=1S/C21H23F2N5O2/c1-3-12(2)17(27-21(24)30)19(29)25-14-10-8-13(9-11-14)18-26-15-6-4-5-7-16(15)28(18)20(22)23/h4-12,17,20H,3H2,1-2H3,(H,25,29)(H3,24,27,30)/t12-,17+/m1/s1. The minimum atomic E-state index is -2.75. The van der Waals surface area contributed by atoms with Gasteiger partial charge in [-0.25, -0.2) is 9.78 Å². The third-order valence-electron chi connectivity index (χ3n) is 4.99. The molecule has 3 rings (SSSR count). The average Bonchev–Trinajstić information content (AvgIpc) is 3.11. The van der Waals surface area contributed by atoms with Gasteiger partial charge < -0.3 is 16.4 Å². The Morgan fingerprint density at radius 1 is 1.13 bits per heavy atom. The first-order valence-electron chi connectivity index (χ1n) is 9.54. The van der Waals surface area contributed by atoms with Crippen molar-refractivity contribution in [3.05, 3.63) is 48.5 Å². The maximum atomic E-state index is 13.7. The Hall–Kier alpha value is -3.49. The van der Waals surface area contributed by atoms with Gasteiger partial charge in [-0.3, -0.25) is 9.36 Å². The second-order valence-corrected chi connectivity index (χ2v) is 7.01. The molecule has 0 aliphatic heterocycles. The van der Waals surface area contributed by atoms with Gasteiger partial charge in [0.2, 0.25) is 5.91 Å². The topological polar surface area (TPSA) is 102 Å². The number of carbonyl (C=O) groups excluding carboxylic acids is 2. The quantitative estimate of drug-likeness (QED) is 0.541. The number of nitrogens with one attached hydrogen (secondary N) is 2. The molecule has 0 spiro atoms. The Labute approximate surface area is 172 Å². The number of halogens is 2. The summed E-state index contributed by atoms with van der Waals surface area (Å²) in [4.78, 5) is 28.1. The van der Waals surface area contributed by atoms with Gasteiger partial charge in [0.05, 0.1) is 11.0 Å². The molecule has 0 unspecified atom stereocenters. The van der Waals surface area contributed by atoms with E-state index in [9.17, 15) is 18.4 Å². The Morgan fingerprint density at radius 3 is 2.40 bits per heavy atom. The molecular formula is C21H23F2N5O2. The summed E-state index contributed by atoms with van der Waals surface area (Å²) in [6.45, 7) is 0.985. The number of nitrogens with zero attached hydrogens (tertiary/aromatic N) is 2. The summed E-state index contributed by atoms with van der Waals surface area (Å²) in [6, 6.07) is 11.5. The summed E-state index contributed by atoms with van der Waals surface area (Å²) in [6.07, 6.45) is 0.668. The zero-order valence-electron chi connectivity index (χ0n) is 16.6. The van der Waals surface area contributed by atoms with Gasteiger partial charge in [-0.15, -0.1) is 0 Å². The molecule has 2 atom stereocenters. The number of primary amides is 1. The van der Waals surface area contributed by atoms with E-state index in [4.69, 9.17) is 5.73 Å². The van der Waals surface area contributed by atoms with Gasteiger partial charge in [-0.1, -0.05) is 32.4 Å². The van der Waals surface area contributed by atoms with E-state index >= 15 is 0 Å². The Morgan fingerprint density at radius 2 is 1.80 bits per heavy atom. The number of imidazole rings is 1. The van der Waals surface area contributed by atoms with Crippen LogP contribution < -0.4 is 16.4 Å². The van der Waals surface area contributed by atoms with E-state index in [-0.39, 0.29) is 11.7 Å². The number of anilines is 1. The minimum Gasteiger partial charge on any atom is -0.352 e. The molecule has 7 nitrogen and oxygen atoms in total. The van der Waals surface area contributed by atoms with Crippen LogP contribution in [0.3, 0.4) is 0 Å². The van der Waals surface area contributed by atoms with Crippen molar-refractivity contribution >= 4 is 28.7 Å². The molecule has 0 saturated carbocycles. The number of benzene rings is 2. The van der Waals surface area contributed by atoms with E-state index in [1.54, 1.807) is 48.5 Å². The number of nitrogens with two attached hydrogens (primary N) is 1. The third-order valence-corrected chi connectivity index (χ3v) is 4.99. The number of hydrogen-bond donors (Lipinski definition) is 3. The number of hydrogen-bond acceptors (Lipinski definition) is 3. The highest BCUT2D eigenvalue weighted by Gasteiger charge is 2.25. The summed E-state index contributed by atoms with van der Waals surface area (Å²) in [5, 5.41) is 5.17. The van der Waals surface area contributed by atoms with Crippen molar-refractivity contribution in [2.75, 3.05) is 5.32 Å². The van der Waals surface area contributed by atoms with Crippen LogP contribution in [0.1, 0.15) is 26.8 Å². The Balaban J connectivity index is 1.85. The van der Waals surface area contributed by atoms with Crippen LogP contribution in [0.2, 0.25) is 0 Å². The number of aromatic nitrogens is 2. The lowest BCUT2D eigenvalue weighted by Gasteiger charge is -2.22. The highest BCUT2D eigenvalue weighted by Crippen LogP contribution is 2.30. The van der Waals surface area contributed by atoms with E-state index in [1.807, 2.05) is 13.8 Å². The summed E-state index contributed by atoms with van der Waals surface area (Å²) in [7, 11) is 0. The molecule has 0 aliphatic rings. The van der Waals surface area contributed by atoms with Crippen LogP contribution in [0.15, 0.2) is 48.5 Å². The molecule has 2 aromatic carbocycles. The fourth-order valence-corrected chi connectivity index (χ4v) is 3.22. The lowest BCUT2D eigenvalue weighted by Crippen LogP contribution is -2.49. The van der Waals surface area contributed by atoms with Crippen LogP contribution >= 0.6 is 0 Å².